The maximum atomic E-state index is 13.3. The van der Waals surface area contributed by atoms with Crippen LogP contribution in [0.15, 0.2) is 59.3 Å². The lowest BCUT2D eigenvalue weighted by Gasteiger charge is -2.36. The fourth-order valence-corrected chi connectivity index (χ4v) is 4.45. The van der Waals surface area contributed by atoms with E-state index in [-0.39, 0.29) is 36.2 Å². The topological polar surface area (TPSA) is 58.7 Å². The van der Waals surface area contributed by atoms with Gasteiger partial charge in [0.2, 0.25) is 5.91 Å². The number of hydrogen-bond acceptors (Lipinski definition) is 3. The third-order valence-electron chi connectivity index (χ3n) is 5.92. The zero-order valence-corrected chi connectivity index (χ0v) is 18.2. The average molecular weight is 458 g/mol. The molecule has 1 atom stereocenters. The summed E-state index contributed by atoms with van der Waals surface area (Å²) in [4.78, 5) is 29.6. The van der Waals surface area contributed by atoms with Crippen LogP contribution in [-0.2, 0) is 11.3 Å². The summed E-state index contributed by atoms with van der Waals surface area (Å²) in [6, 6.07) is 12.9. The second-order valence-electron chi connectivity index (χ2n) is 8.01. The van der Waals surface area contributed by atoms with E-state index in [1.165, 1.54) is 6.26 Å². The Kier molecular flexibility index (Phi) is 5.28. The number of carbonyl (C=O) groups is 2. The Bertz CT molecular complexity index is 1120. The molecule has 0 saturated heterocycles. The van der Waals surface area contributed by atoms with Crippen molar-refractivity contribution in [3.8, 4) is 0 Å². The van der Waals surface area contributed by atoms with Gasteiger partial charge in [0.15, 0.2) is 5.76 Å². The number of aromatic nitrogens is 1. The number of fused-ring (bicyclic) bond motifs is 1. The maximum absolute atomic E-state index is 13.3. The smallest absolute Gasteiger partial charge is 0.290 e. The number of rotatable bonds is 5. The summed E-state index contributed by atoms with van der Waals surface area (Å²) in [5.41, 5.74) is 2.01. The summed E-state index contributed by atoms with van der Waals surface area (Å²) in [6.07, 6.45) is 5.31. The molecule has 3 aromatic rings. The van der Waals surface area contributed by atoms with Gasteiger partial charge in [-0.15, -0.1) is 0 Å². The highest BCUT2D eigenvalue weighted by atomic mass is 35.5. The summed E-state index contributed by atoms with van der Waals surface area (Å²) in [7, 11) is 0. The molecule has 2 amide bonds. The van der Waals surface area contributed by atoms with Crippen LogP contribution in [0.1, 0.15) is 40.7 Å². The lowest BCUT2D eigenvalue weighted by molar-refractivity contribution is -0.133. The lowest BCUT2D eigenvalue weighted by atomic mass is 10.0. The van der Waals surface area contributed by atoms with Crippen LogP contribution in [0.5, 0.6) is 0 Å². The molecule has 2 aliphatic rings. The molecule has 0 N–H and O–H groups in total. The van der Waals surface area contributed by atoms with Crippen molar-refractivity contribution < 1.29 is 14.0 Å². The minimum Gasteiger partial charge on any atom is -0.459 e. The molecule has 31 heavy (non-hydrogen) atoms. The predicted molar refractivity (Wildman–Crippen MR) is 117 cm³/mol. The molecule has 0 bridgehead atoms. The summed E-state index contributed by atoms with van der Waals surface area (Å²) in [6.45, 7) is 1.03. The molecule has 1 aliphatic heterocycles. The van der Waals surface area contributed by atoms with E-state index in [0.717, 1.165) is 24.1 Å². The Morgan fingerprint density at radius 3 is 2.65 bits per heavy atom. The molecular weight excluding hydrogens is 437 g/mol. The van der Waals surface area contributed by atoms with Crippen LogP contribution in [-0.4, -0.2) is 45.3 Å². The van der Waals surface area contributed by atoms with Gasteiger partial charge >= 0.3 is 0 Å². The van der Waals surface area contributed by atoms with E-state index in [9.17, 15) is 9.59 Å². The third-order valence-corrected chi connectivity index (χ3v) is 6.66. The number of amides is 2. The number of furan rings is 1. The number of nitrogens with zero attached hydrogens (tertiary/aromatic N) is 3. The average Bonchev–Trinajstić information content (AvgIpc) is 3.25. The van der Waals surface area contributed by atoms with E-state index in [2.05, 4.69) is 4.57 Å². The first-order valence-electron chi connectivity index (χ1n) is 10.2. The quantitative estimate of drug-likeness (QED) is 0.561. The number of carbonyl (C=O) groups excluding carboxylic acids is 2. The highest BCUT2D eigenvalue weighted by Gasteiger charge is 2.37. The Balaban J connectivity index is 1.38. The van der Waals surface area contributed by atoms with Gasteiger partial charge in [-0.2, -0.15) is 0 Å². The number of hydrogen-bond donors (Lipinski definition) is 0. The van der Waals surface area contributed by atoms with E-state index in [1.54, 1.807) is 23.1 Å². The number of halogens is 2. The molecule has 3 heterocycles. The van der Waals surface area contributed by atoms with Crippen molar-refractivity contribution in [1.82, 2.24) is 14.4 Å². The van der Waals surface area contributed by atoms with Gasteiger partial charge in [0.05, 0.1) is 28.9 Å². The van der Waals surface area contributed by atoms with E-state index < -0.39 is 0 Å². The second-order valence-corrected chi connectivity index (χ2v) is 8.83. The van der Waals surface area contributed by atoms with Crippen molar-refractivity contribution in [3.05, 3.63) is 82.0 Å². The van der Waals surface area contributed by atoms with Gasteiger partial charge in [-0.25, -0.2) is 0 Å². The van der Waals surface area contributed by atoms with Gasteiger partial charge in [0.1, 0.15) is 6.54 Å². The van der Waals surface area contributed by atoms with Crippen LogP contribution < -0.4 is 0 Å². The first-order chi connectivity index (χ1) is 15.0. The molecule has 0 spiro atoms. The summed E-state index contributed by atoms with van der Waals surface area (Å²) >= 11 is 12.3. The van der Waals surface area contributed by atoms with Gasteiger partial charge in [-0.1, -0.05) is 29.3 Å². The monoisotopic (exact) mass is 457 g/mol. The van der Waals surface area contributed by atoms with E-state index in [4.69, 9.17) is 27.6 Å². The Hall–Kier alpha value is -2.70. The molecule has 1 aliphatic carbocycles. The van der Waals surface area contributed by atoms with Crippen molar-refractivity contribution >= 4 is 35.0 Å². The van der Waals surface area contributed by atoms with Crippen molar-refractivity contribution in [2.45, 2.75) is 31.5 Å². The standard InChI is InChI=1S/C23H21Cl2N3O3/c24-18-8-5-15(11-19(18)25)20-13-26(12-17-3-1-9-27(17)20)22(29)14-28(16-6-7-16)23(30)21-4-2-10-31-21/h1-5,8-11,16,20H,6-7,12-14H2. The van der Waals surface area contributed by atoms with Gasteiger partial charge in [0.25, 0.3) is 5.91 Å². The highest BCUT2D eigenvalue weighted by Crippen LogP contribution is 2.33. The first-order valence-corrected chi connectivity index (χ1v) is 11.0. The van der Waals surface area contributed by atoms with Gasteiger partial charge in [0, 0.05) is 24.5 Å². The molecular formula is C23H21Cl2N3O3. The molecule has 1 unspecified atom stereocenters. The van der Waals surface area contributed by atoms with Crippen molar-refractivity contribution in [2.75, 3.05) is 13.1 Å². The minimum atomic E-state index is -0.234. The third kappa shape index (κ3) is 3.98. The van der Waals surface area contributed by atoms with Crippen molar-refractivity contribution in [1.29, 1.82) is 0 Å². The van der Waals surface area contributed by atoms with Gasteiger partial charge in [-0.3, -0.25) is 9.59 Å². The normalized spacial score (nSPS) is 18.0. The maximum Gasteiger partial charge on any atom is 0.290 e. The summed E-state index contributed by atoms with van der Waals surface area (Å²) < 4.78 is 7.43. The molecule has 5 rings (SSSR count). The van der Waals surface area contributed by atoms with Crippen LogP contribution in [0.3, 0.4) is 0 Å². The zero-order chi connectivity index (χ0) is 21.5. The fraction of sp³-hybridized carbons (Fsp3) is 0.304. The van der Waals surface area contributed by atoms with Crippen LogP contribution in [0.2, 0.25) is 10.0 Å². The van der Waals surface area contributed by atoms with Crippen LogP contribution in [0, 0.1) is 0 Å². The van der Waals surface area contributed by atoms with E-state index in [1.807, 2.05) is 35.4 Å². The zero-order valence-electron chi connectivity index (χ0n) is 16.7. The summed E-state index contributed by atoms with van der Waals surface area (Å²) in [5.74, 6) is -0.0486. The SMILES string of the molecule is O=C(CN(C(=O)c1ccco1)C1CC1)N1Cc2cccn2C(c2ccc(Cl)c(Cl)c2)C1. The molecule has 160 valence electrons. The van der Waals surface area contributed by atoms with Crippen LogP contribution in [0.25, 0.3) is 0 Å². The van der Waals surface area contributed by atoms with E-state index in [0.29, 0.717) is 23.1 Å². The molecule has 8 heteroatoms. The largest absolute Gasteiger partial charge is 0.459 e. The summed E-state index contributed by atoms with van der Waals surface area (Å²) in [5, 5.41) is 0.985. The van der Waals surface area contributed by atoms with Crippen LogP contribution in [0.4, 0.5) is 0 Å². The molecule has 2 aromatic heterocycles. The van der Waals surface area contributed by atoms with Crippen LogP contribution >= 0.6 is 23.2 Å². The second kappa shape index (κ2) is 8.09. The Morgan fingerprint density at radius 2 is 1.94 bits per heavy atom. The molecule has 6 nitrogen and oxygen atoms in total. The molecule has 1 saturated carbocycles. The Morgan fingerprint density at radius 1 is 1.10 bits per heavy atom. The molecule has 1 fully saturated rings. The van der Waals surface area contributed by atoms with Crippen molar-refractivity contribution in [3.63, 3.8) is 0 Å². The van der Waals surface area contributed by atoms with Crippen molar-refractivity contribution in [2.24, 2.45) is 0 Å². The Labute approximate surface area is 189 Å². The predicted octanol–water partition coefficient (Wildman–Crippen LogP) is 4.62. The molecule has 1 aromatic carbocycles. The highest BCUT2D eigenvalue weighted by molar-refractivity contribution is 6.42. The van der Waals surface area contributed by atoms with Gasteiger partial charge < -0.3 is 18.8 Å². The van der Waals surface area contributed by atoms with E-state index >= 15 is 0 Å². The minimum absolute atomic E-state index is 0.0407. The lowest BCUT2D eigenvalue weighted by Crippen LogP contribution is -2.47. The first kappa shape index (κ1) is 20.2. The number of benzene rings is 1. The van der Waals surface area contributed by atoms with Gasteiger partial charge in [-0.05, 0) is 54.8 Å². The molecule has 0 radical (unpaired) electrons. The fourth-order valence-electron chi connectivity index (χ4n) is 4.14.